The highest BCUT2D eigenvalue weighted by Crippen LogP contribution is 2.21. The van der Waals surface area contributed by atoms with Crippen LogP contribution in [-0.4, -0.2) is 23.9 Å². The van der Waals surface area contributed by atoms with E-state index in [1.165, 1.54) is 0 Å². The molecule has 1 unspecified atom stereocenters. The maximum Gasteiger partial charge on any atom is 0.238 e. The van der Waals surface area contributed by atoms with Crippen molar-refractivity contribution in [2.75, 3.05) is 13.1 Å². The number of carbonyl (C=O) groups excluding carboxylic acids is 1. The molecule has 1 aromatic rings. The molecule has 0 spiro atoms. The molecule has 0 aliphatic carbocycles. The third-order valence-corrected chi connectivity index (χ3v) is 2.66. The number of hydrogen-bond donors (Lipinski definition) is 1. The smallest absolute Gasteiger partial charge is 0.238 e. The largest absolute Gasteiger partial charge is 0.322 e. The number of benzene rings is 1. The molecule has 1 heterocycles. The lowest BCUT2D eigenvalue weighted by Crippen LogP contribution is -2.30. The Kier molecular flexibility index (Phi) is 3.02. The Hall–Kier alpha value is -1.35. The number of hydrogen-bond acceptors (Lipinski definition) is 2. The van der Waals surface area contributed by atoms with Crippen LogP contribution in [-0.2, 0) is 4.79 Å². The summed E-state index contributed by atoms with van der Waals surface area (Å²) >= 11 is 0. The minimum atomic E-state index is 0.0682. The van der Waals surface area contributed by atoms with Crippen molar-refractivity contribution in [3.05, 3.63) is 35.9 Å². The van der Waals surface area contributed by atoms with Gasteiger partial charge in [0.25, 0.3) is 0 Å². The van der Waals surface area contributed by atoms with Crippen LogP contribution in [0.1, 0.15) is 25.1 Å². The summed E-state index contributed by atoms with van der Waals surface area (Å²) in [6.07, 6.45) is 1.06. The molecular formula is C12H16N2O. The molecule has 1 N–H and O–H groups in total. The highest BCUT2D eigenvalue weighted by atomic mass is 16.2. The zero-order chi connectivity index (χ0) is 10.7. The third kappa shape index (κ3) is 2.02. The average molecular weight is 204 g/mol. The number of amides is 1. The third-order valence-electron chi connectivity index (χ3n) is 2.66. The average Bonchev–Trinajstić information content (AvgIpc) is 2.63. The Morgan fingerprint density at radius 3 is 2.80 bits per heavy atom. The van der Waals surface area contributed by atoms with Gasteiger partial charge < -0.3 is 4.90 Å². The Bertz CT molecular complexity index is 337. The van der Waals surface area contributed by atoms with Crippen LogP contribution in [0.5, 0.6) is 0 Å². The molecule has 3 nitrogen and oxygen atoms in total. The Labute approximate surface area is 90.1 Å². The lowest BCUT2D eigenvalue weighted by molar-refractivity contribution is -0.128. The van der Waals surface area contributed by atoms with E-state index in [9.17, 15) is 4.79 Å². The van der Waals surface area contributed by atoms with Crippen molar-refractivity contribution in [3.63, 3.8) is 0 Å². The van der Waals surface area contributed by atoms with Crippen LogP contribution in [0.15, 0.2) is 30.3 Å². The van der Waals surface area contributed by atoms with E-state index >= 15 is 0 Å². The first-order valence-electron chi connectivity index (χ1n) is 5.40. The van der Waals surface area contributed by atoms with Gasteiger partial charge in [-0.25, -0.2) is 0 Å². The molecule has 15 heavy (non-hydrogen) atoms. The summed E-state index contributed by atoms with van der Waals surface area (Å²) in [5, 5.41) is 3.23. The molecule has 0 bridgehead atoms. The maximum atomic E-state index is 11.6. The zero-order valence-corrected chi connectivity index (χ0v) is 8.94. The second-order valence-corrected chi connectivity index (χ2v) is 3.78. The van der Waals surface area contributed by atoms with E-state index in [4.69, 9.17) is 0 Å². The first-order valence-corrected chi connectivity index (χ1v) is 5.40. The van der Waals surface area contributed by atoms with Gasteiger partial charge in [-0.15, -0.1) is 0 Å². The summed E-state index contributed by atoms with van der Waals surface area (Å²) in [4.78, 5) is 13.5. The van der Waals surface area contributed by atoms with Gasteiger partial charge in [-0.2, -0.15) is 0 Å². The van der Waals surface area contributed by atoms with E-state index in [1.807, 2.05) is 23.1 Å². The quantitative estimate of drug-likeness (QED) is 0.809. The lowest BCUT2D eigenvalue weighted by atomic mass is 10.1. The second-order valence-electron chi connectivity index (χ2n) is 3.78. The van der Waals surface area contributed by atoms with Crippen molar-refractivity contribution in [3.8, 4) is 0 Å². The monoisotopic (exact) mass is 204 g/mol. The predicted octanol–water partition coefficient (Wildman–Crippen LogP) is 1.53. The van der Waals surface area contributed by atoms with E-state index in [2.05, 4.69) is 24.4 Å². The molecule has 1 atom stereocenters. The fraction of sp³-hybridized carbons (Fsp3) is 0.417. The molecule has 0 aromatic heterocycles. The van der Waals surface area contributed by atoms with Gasteiger partial charge in [0.1, 0.15) is 6.17 Å². The van der Waals surface area contributed by atoms with E-state index < -0.39 is 0 Å². The van der Waals surface area contributed by atoms with Gasteiger partial charge in [-0.3, -0.25) is 10.1 Å². The van der Waals surface area contributed by atoms with Crippen molar-refractivity contribution in [2.45, 2.75) is 19.5 Å². The normalized spacial score (nSPS) is 21.0. The number of carbonyl (C=O) groups is 1. The number of nitrogens with zero attached hydrogens (tertiary/aromatic N) is 1. The molecule has 0 saturated carbocycles. The first-order chi connectivity index (χ1) is 7.33. The highest BCUT2D eigenvalue weighted by molar-refractivity contribution is 5.80. The SMILES string of the molecule is CCCN1C(=O)CNC1c1ccccc1. The van der Waals surface area contributed by atoms with Crippen molar-refractivity contribution in [1.82, 2.24) is 10.2 Å². The van der Waals surface area contributed by atoms with Gasteiger partial charge in [-0.1, -0.05) is 37.3 Å². The number of nitrogens with one attached hydrogen (secondary N) is 1. The fourth-order valence-electron chi connectivity index (χ4n) is 1.97. The van der Waals surface area contributed by atoms with Crippen LogP contribution in [0, 0.1) is 0 Å². The molecule has 3 heteroatoms. The first kappa shape index (κ1) is 10.2. The molecule has 1 saturated heterocycles. The van der Waals surface area contributed by atoms with Gasteiger partial charge >= 0.3 is 0 Å². The van der Waals surface area contributed by atoms with E-state index in [0.717, 1.165) is 18.5 Å². The summed E-state index contributed by atoms with van der Waals surface area (Å²) in [7, 11) is 0. The molecule has 1 fully saturated rings. The van der Waals surface area contributed by atoms with Crippen LogP contribution in [0.2, 0.25) is 0 Å². The minimum Gasteiger partial charge on any atom is -0.322 e. The molecule has 0 radical (unpaired) electrons. The topological polar surface area (TPSA) is 32.3 Å². The fourth-order valence-corrected chi connectivity index (χ4v) is 1.97. The number of rotatable bonds is 3. The molecule has 1 aliphatic rings. The summed E-state index contributed by atoms with van der Waals surface area (Å²) in [6.45, 7) is 3.37. The summed E-state index contributed by atoms with van der Waals surface area (Å²) in [6, 6.07) is 10.1. The van der Waals surface area contributed by atoms with Gasteiger partial charge in [-0.05, 0) is 12.0 Å². The second kappa shape index (κ2) is 4.45. The summed E-state index contributed by atoms with van der Waals surface area (Å²) < 4.78 is 0. The molecule has 1 aromatic carbocycles. The van der Waals surface area contributed by atoms with E-state index in [0.29, 0.717) is 6.54 Å². The van der Waals surface area contributed by atoms with Crippen LogP contribution in [0.4, 0.5) is 0 Å². The van der Waals surface area contributed by atoms with Crippen LogP contribution in [0.3, 0.4) is 0 Å². The van der Waals surface area contributed by atoms with Crippen molar-refractivity contribution in [2.24, 2.45) is 0 Å². The van der Waals surface area contributed by atoms with Gasteiger partial charge in [0.15, 0.2) is 0 Å². The van der Waals surface area contributed by atoms with Crippen molar-refractivity contribution in [1.29, 1.82) is 0 Å². The molecule has 1 amide bonds. The summed E-state index contributed by atoms with van der Waals surface area (Å²) in [5.74, 6) is 0.200. The lowest BCUT2D eigenvalue weighted by Gasteiger charge is -2.24. The van der Waals surface area contributed by atoms with Gasteiger partial charge in [0.05, 0.1) is 6.54 Å². The molecule has 2 rings (SSSR count). The highest BCUT2D eigenvalue weighted by Gasteiger charge is 2.30. The van der Waals surface area contributed by atoms with Gasteiger partial charge in [0.2, 0.25) is 5.91 Å². The van der Waals surface area contributed by atoms with E-state index in [-0.39, 0.29) is 12.1 Å². The van der Waals surface area contributed by atoms with Crippen LogP contribution >= 0.6 is 0 Å². The molecule has 1 aliphatic heterocycles. The van der Waals surface area contributed by atoms with Crippen LogP contribution < -0.4 is 5.32 Å². The maximum absolute atomic E-state index is 11.6. The zero-order valence-electron chi connectivity index (χ0n) is 8.94. The minimum absolute atomic E-state index is 0.0682. The Morgan fingerprint density at radius 2 is 2.13 bits per heavy atom. The molecule has 80 valence electrons. The Balaban J connectivity index is 2.18. The van der Waals surface area contributed by atoms with Crippen molar-refractivity contribution < 1.29 is 4.79 Å². The predicted molar refractivity (Wildman–Crippen MR) is 59.2 cm³/mol. The summed E-state index contributed by atoms with van der Waals surface area (Å²) in [5.41, 5.74) is 1.16. The van der Waals surface area contributed by atoms with Crippen LogP contribution in [0.25, 0.3) is 0 Å². The van der Waals surface area contributed by atoms with Crippen molar-refractivity contribution >= 4 is 5.91 Å². The van der Waals surface area contributed by atoms with Gasteiger partial charge in [0, 0.05) is 6.54 Å². The van der Waals surface area contributed by atoms with E-state index in [1.54, 1.807) is 0 Å². The standard InChI is InChI=1S/C12H16N2O/c1-2-8-14-11(15)9-13-12(14)10-6-4-3-5-7-10/h3-7,12-13H,2,8-9H2,1H3. The Morgan fingerprint density at radius 1 is 1.40 bits per heavy atom. The molecular weight excluding hydrogens is 188 g/mol.